The number of hydrogen-bond donors (Lipinski definition) is 0. The Balaban J connectivity index is 1.78. The van der Waals surface area contributed by atoms with Crippen LogP contribution in [0.4, 0.5) is 0 Å². The van der Waals surface area contributed by atoms with E-state index in [0.29, 0.717) is 12.0 Å². The number of nitrogens with zero attached hydrogens (tertiary/aromatic N) is 1. The summed E-state index contributed by atoms with van der Waals surface area (Å²) in [5, 5.41) is 2.19. The molecular formula is C30H32N+. The van der Waals surface area contributed by atoms with E-state index in [2.05, 4.69) is 87.0 Å². The van der Waals surface area contributed by atoms with Gasteiger partial charge in [-0.25, -0.2) is 0 Å². The Morgan fingerprint density at radius 2 is 1.61 bits per heavy atom. The average molecular weight is 408 g/mol. The second kappa shape index (κ2) is 7.96. The molecule has 1 nitrogen and oxygen atoms in total. The van der Waals surface area contributed by atoms with Gasteiger partial charge < -0.3 is 0 Å². The molecule has 1 aromatic heterocycles. The van der Waals surface area contributed by atoms with Crippen LogP contribution in [0.1, 0.15) is 55.4 Å². The standard InChI is InChI=1S/C30H32N/c1-20-16-26(24-12-8-9-13-24)19-29(22(20)3)30-28-15-14-25(23-10-6-5-7-11-23)18-27(28)17-21(2)31(30)4/h5-7,10-11,14-19,24H,8-9,12-13H2,1-4H3/q+1/i17D. The Labute approximate surface area is 187 Å². The van der Waals surface area contributed by atoms with Gasteiger partial charge in [-0.15, -0.1) is 0 Å². The van der Waals surface area contributed by atoms with Crippen molar-refractivity contribution in [1.29, 1.82) is 0 Å². The van der Waals surface area contributed by atoms with Gasteiger partial charge in [0.25, 0.3) is 0 Å². The summed E-state index contributed by atoms with van der Waals surface area (Å²) in [6.07, 6.45) is 5.30. The summed E-state index contributed by atoms with van der Waals surface area (Å²) in [7, 11) is 2.12. The van der Waals surface area contributed by atoms with E-state index in [1.165, 1.54) is 64.8 Å². The third-order valence-corrected chi connectivity index (χ3v) is 7.31. The van der Waals surface area contributed by atoms with Crippen molar-refractivity contribution in [2.75, 3.05) is 0 Å². The first-order valence-corrected chi connectivity index (χ1v) is 11.6. The summed E-state index contributed by atoms with van der Waals surface area (Å²) in [5.74, 6) is 0.686. The minimum Gasteiger partial charge on any atom is -0.198 e. The average Bonchev–Trinajstić information content (AvgIpc) is 3.36. The molecule has 3 aromatic carbocycles. The molecule has 0 N–H and O–H groups in total. The summed E-state index contributed by atoms with van der Waals surface area (Å²) in [5.41, 5.74) is 10.1. The van der Waals surface area contributed by atoms with Crippen molar-refractivity contribution in [3.05, 3.63) is 89.1 Å². The SMILES string of the molecule is [2H]c1c(C)[n+](C)c(-c2cc(C3CCCC3)cc(C)c2C)c2ccc(-c3ccccc3)cc12. The van der Waals surface area contributed by atoms with Crippen molar-refractivity contribution in [2.24, 2.45) is 7.05 Å². The molecule has 156 valence electrons. The summed E-state index contributed by atoms with van der Waals surface area (Å²) >= 11 is 0. The van der Waals surface area contributed by atoms with Gasteiger partial charge in [-0.2, -0.15) is 4.57 Å². The molecule has 5 rings (SSSR count). The zero-order valence-electron chi connectivity index (χ0n) is 20.1. The molecule has 0 saturated heterocycles. The van der Waals surface area contributed by atoms with Crippen molar-refractivity contribution in [1.82, 2.24) is 0 Å². The molecule has 0 spiro atoms. The number of fused-ring (bicyclic) bond motifs is 1. The maximum Gasteiger partial charge on any atom is 0.220 e. The van der Waals surface area contributed by atoms with E-state index in [9.17, 15) is 0 Å². The number of pyridine rings is 1. The summed E-state index contributed by atoms with van der Waals surface area (Å²) < 4.78 is 11.1. The molecule has 1 fully saturated rings. The van der Waals surface area contributed by atoms with Crippen molar-refractivity contribution >= 4 is 10.8 Å². The Hall–Kier alpha value is -2.93. The van der Waals surface area contributed by atoms with E-state index in [0.717, 1.165) is 16.5 Å². The van der Waals surface area contributed by atoms with Gasteiger partial charge in [0.15, 0.2) is 5.69 Å². The Kier molecular flexibility index (Phi) is 4.83. The normalized spacial score (nSPS) is 14.9. The van der Waals surface area contributed by atoms with Crippen molar-refractivity contribution in [3.8, 4) is 22.4 Å². The molecule has 1 aliphatic carbocycles. The first kappa shape index (κ1) is 18.8. The molecule has 0 unspecified atom stereocenters. The number of benzene rings is 3. The predicted molar refractivity (Wildman–Crippen MR) is 131 cm³/mol. The monoisotopic (exact) mass is 407 g/mol. The van der Waals surface area contributed by atoms with Crippen molar-refractivity contribution in [3.63, 3.8) is 0 Å². The van der Waals surface area contributed by atoms with Crippen molar-refractivity contribution < 1.29 is 5.94 Å². The molecule has 0 aliphatic heterocycles. The van der Waals surface area contributed by atoms with Crippen LogP contribution in [0.15, 0.2) is 66.7 Å². The van der Waals surface area contributed by atoms with E-state index >= 15 is 0 Å². The highest BCUT2D eigenvalue weighted by atomic mass is 14.9. The van der Waals surface area contributed by atoms with Gasteiger partial charge in [-0.3, -0.25) is 0 Å². The van der Waals surface area contributed by atoms with Gasteiger partial charge in [0.05, 0.1) is 12.3 Å². The van der Waals surface area contributed by atoms with Crippen LogP contribution in [0.2, 0.25) is 0 Å². The van der Waals surface area contributed by atoms with Crippen LogP contribution >= 0.6 is 0 Å². The molecule has 1 heteroatoms. The molecule has 0 bridgehead atoms. The van der Waals surface area contributed by atoms with Crippen LogP contribution < -0.4 is 4.57 Å². The highest BCUT2D eigenvalue weighted by Gasteiger charge is 2.24. The van der Waals surface area contributed by atoms with Crippen LogP contribution in [0.3, 0.4) is 0 Å². The number of rotatable bonds is 3. The maximum atomic E-state index is 8.90. The fourth-order valence-corrected chi connectivity index (χ4v) is 5.25. The lowest BCUT2D eigenvalue weighted by Gasteiger charge is -2.17. The van der Waals surface area contributed by atoms with Gasteiger partial charge >= 0.3 is 0 Å². The van der Waals surface area contributed by atoms with Crippen molar-refractivity contribution in [2.45, 2.75) is 52.4 Å². The molecule has 1 heterocycles. The quantitative estimate of drug-likeness (QED) is 0.308. The van der Waals surface area contributed by atoms with E-state index in [4.69, 9.17) is 1.37 Å². The summed E-state index contributed by atoms with van der Waals surface area (Å²) in [6, 6.07) is 22.6. The lowest BCUT2D eigenvalue weighted by atomic mass is 9.88. The van der Waals surface area contributed by atoms with Gasteiger partial charge in [0.2, 0.25) is 5.69 Å². The molecule has 0 radical (unpaired) electrons. The number of aryl methyl sites for hydroxylation is 1. The van der Waals surface area contributed by atoms with E-state index in [1.807, 2.05) is 6.07 Å². The molecule has 1 saturated carbocycles. The van der Waals surface area contributed by atoms with E-state index in [-0.39, 0.29) is 0 Å². The third-order valence-electron chi connectivity index (χ3n) is 7.31. The van der Waals surface area contributed by atoms with E-state index < -0.39 is 0 Å². The molecule has 31 heavy (non-hydrogen) atoms. The summed E-state index contributed by atoms with van der Waals surface area (Å²) in [6.45, 7) is 6.57. The van der Waals surface area contributed by atoms with Crippen LogP contribution in [0.5, 0.6) is 0 Å². The maximum absolute atomic E-state index is 8.90. The van der Waals surface area contributed by atoms with E-state index in [1.54, 1.807) is 0 Å². The van der Waals surface area contributed by atoms with Crippen LogP contribution in [-0.2, 0) is 7.05 Å². The van der Waals surface area contributed by atoms with Gasteiger partial charge in [-0.05, 0) is 84.0 Å². The third kappa shape index (κ3) is 3.57. The first-order chi connectivity index (χ1) is 15.5. The fraction of sp³-hybridized carbons (Fsp3) is 0.300. The molecular weight excluding hydrogens is 374 g/mol. The van der Waals surface area contributed by atoms with Gasteiger partial charge in [-0.1, -0.05) is 55.3 Å². The zero-order valence-corrected chi connectivity index (χ0v) is 19.1. The minimum absolute atomic E-state index is 0.616. The van der Waals surface area contributed by atoms with Gasteiger partial charge in [0, 0.05) is 13.0 Å². The second-order valence-corrected chi connectivity index (χ2v) is 9.24. The van der Waals surface area contributed by atoms with Crippen LogP contribution in [0.25, 0.3) is 33.2 Å². The Bertz CT molecular complexity index is 1310. The molecule has 4 aromatic rings. The Morgan fingerprint density at radius 3 is 2.35 bits per heavy atom. The molecule has 0 amide bonds. The second-order valence-electron chi connectivity index (χ2n) is 9.24. The largest absolute Gasteiger partial charge is 0.220 e. The lowest BCUT2D eigenvalue weighted by molar-refractivity contribution is -0.665. The first-order valence-electron chi connectivity index (χ1n) is 12.1. The van der Waals surface area contributed by atoms with Gasteiger partial charge in [0.1, 0.15) is 7.05 Å². The zero-order chi connectivity index (χ0) is 22.4. The number of hydrogen-bond acceptors (Lipinski definition) is 0. The lowest BCUT2D eigenvalue weighted by Crippen LogP contribution is -2.35. The minimum atomic E-state index is 0.616. The molecule has 1 aliphatic rings. The summed E-state index contributed by atoms with van der Waals surface area (Å²) in [4.78, 5) is 0. The highest BCUT2D eigenvalue weighted by Crippen LogP contribution is 2.39. The predicted octanol–water partition coefficient (Wildman–Crippen LogP) is 7.58. The van der Waals surface area contributed by atoms with Crippen LogP contribution in [-0.4, -0.2) is 0 Å². The Morgan fingerprint density at radius 1 is 0.871 bits per heavy atom. The number of aromatic nitrogens is 1. The van der Waals surface area contributed by atoms with Crippen LogP contribution in [0, 0.1) is 20.8 Å². The highest BCUT2D eigenvalue weighted by molar-refractivity contribution is 5.96. The molecule has 0 atom stereocenters. The smallest absolute Gasteiger partial charge is 0.198 e. The topological polar surface area (TPSA) is 3.88 Å². The fourth-order valence-electron chi connectivity index (χ4n) is 5.25.